The fourth-order valence-corrected chi connectivity index (χ4v) is 4.19. The normalized spacial score (nSPS) is 13.3. The second kappa shape index (κ2) is 8.05. The molecule has 3 aromatic carbocycles. The van der Waals surface area contributed by atoms with Gasteiger partial charge in [-0.15, -0.1) is 0 Å². The zero-order valence-corrected chi connectivity index (χ0v) is 18.5. The number of aromatic nitrogens is 1. The van der Waals surface area contributed by atoms with Crippen molar-refractivity contribution in [2.75, 3.05) is 0 Å². The molecule has 0 aliphatic carbocycles. The molecule has 4 rings (SSSR count). The van der Waals surface area contributed by atoms with Gasteiger partial charge < -0.3 is 12.9 Å². The second-order valence-corrected chi connectivity index (χ2v) is 10.1. The van der Waals surface area contributed by atoms with Crippen molar-refractivity contribution in [1.82, 2.24) is 4.57 Å². The van der Waals surface area contributed by atoms with Crippen molar-refractivity contribution in [3.8, 4) is 17.2 Å². The largest absolute Gasteiger partial charge is 0.534 e. The van der Waals surface area contributed by atoms with Crippen LogP contribution in [0.5, 0.6) is 11.5 Å². The standard InChI is InChI=1S/C20H11F6NO6S2/c21-19(22,23)34(28,29)32-13-6-8-15-16-9-7-14(33-35(30,31)20(24,25)26)11-18(16)27(17(15)10-13)12-4-2-1-3-5-12/h1-11H. The van der Waals surface area contributed by atoms with Crippen molar-refractivity contribution in [3.63, 3.8) is 0 Å². The van der Waals surface area contributed by atoms with Gasteiger partial charge in [0.05, 0.1) is 11.0 Å². The summed E-state index contributed by atoms with van der Waals surface area (Å²) in [7, 11) is -11.9. The molecular weight excluding hydrogens is 528 g/mol. The van der Waals surface area contributed by atoms with E-state index in [1.54, 1.807) is 30.3 Å². The molecular formula is C20H11F6NO6S2. The Hall–Kier alpha value is -3.46. The van der Waals surface area contributed by atoms with Crippen LogP contribution < -0.4 is 8.37 Å². The van der Waals surface area contributed by atoms with Crippen LogP contribution in [0.2, 0.25) is 0 Å². The van der Waals surface area contributed by atoms with Crippen LogP contribution in [0.1, 0.15) is 0 Å². The molecule has 4 aromatic rings. The van der Waals surface area contributed by atoms with Gasteiger partial charge in [0.2, 0.25) is 0 Å². The number of halogens is 6. The molecule has 0 saturated heterocycles. The van der Waals surface area contributed by atoms with Crippen LogP contribution in [0.25, 0.3) is 27.5 Å². The molecule has 0 bridgehead atoms. The first-order valence-corrected chi connectivity index (χ1v) is 12.1. The van der Waals surface area contributed by atoms with Crippen molar-refractivity contribution in [3.05, 3.63) is 66.7 Å². The highest BCUT2D eigenvalue weighted by atomic mass is 32.2. The average molecular weight is 539 g/mol. The van der Waals surface area contributed by atoms with Gasteiger partial charge in [-0.3, -0.25) is 0 Å². The lowest BCUT2D eigenvalue weighted by Crippen LogP contribution is -2.28. The SMILES string of the molecule is O=S(=O)(Oc1ccc2c3ccc(OS(=O)(=O)C(F)(F)F)cc3n(-c3ccccc3)c2c1)C(F)(F)F. The number of benzene rings is 3. The smallest absolute Gasteiger partial charge is 0.376 e. The van der Waals surface area contributed by atoms with Gasteiger partial charge in [-0.05, 0) is 36.4 Å². The summed E-state index contributed by atoms with van der Waals surface area (Å²) in [5.41, 5.74) is -10.7. The quantitative estimate of drug-likeness (QED) is 0.196. The van der Waals surface area contributed by atoms with Gasteiger partial charge >= 0.3 is 31.3 Å². The first kappa shape index (κ1) is 24.7. The van der Waals surface area contributed by atoms with Crippen molar-refractivity contribution in [2.45, 2.75) is 11.0 Å². The Morgan fingerprint density at radius 2 is 1.00 bits per heavy atom. The Morgan fingerprint density at radius 3 is 1.37 bits per heavy atom. The zero-order valence-electron chi connectivity index (χ0n) is 16.8. The van der Waals surface area contributed by atoms with E-state index in [0.717, 1.165) is 24.3 Å². The molecule has 0 saturated carbocycles. The van der Waals surface area contributed by atoms with Crippen LogP contribution in [-0.2, 0) is 20.2 Å². The minimum Gasteiger partial charge on any atom is -0.376 e. The van der Waals surface area contributed by atoms with Gasteiger partial charge in [0, 0.05) is 28.6 Å². The van der Waals surface area contributed by atoms with Crippen LogP contribution in [0, 0.1) is 0 Å². The van der Waals surface area contributed by atoms with E-state index < -0.39 is 42.8 Å². The molecule has 7 nitrogen and oxygen atoms in total. The van der Waals surface area contributed by atoms with Gasteiger partial charge in [-0.25, -0.2) is 0 Å². The Kier molecular flexibility index (Phi) is 5.67. The molecule has 15 heteroatoms. The first-order chi connectivity index (χ1) is 16.1. The second-order valence-electron chi connectivity index (χ2n) is 7.00. The number of fused-ring (bicyclic) bond motifs is 3. The van der Waals surface area contributed by atoms with E-state index in [0.29, 0.717) is 16.5 Å². The van der Waals surface area contributed by atoms with Gasteiger partial charge in [-0.1, -0.05) is 18.2 Å². The molecule has 0 aliphatic heterocycles. The minimum absolute atomic E-state index is 0.122. The maximum absolute atomic E-state index is 12.7. The fraction of sp³-hybridized carbons (Fsp3) is 0.100. The lowest BCUT2D eigenvalue weighted by atomic mass is 10.1. The third kappa shape index (κ3) is 4.48. The maximum atomic E-state index is 12.7. The first-order valence-electron chi connectivity index (χ1n) is 9.26. The molecule has 1 aromatic heterocycles. The van der Waals surface area contributed by atoms with Gasteiger partial charge in [0.1, 0.15) is 11.5 Å². The summed E-state index contributed by atoms with van der Waals surface area (Å²) in [6, 6.07) is 14.4. The molecule has 0 fully saturated rings. The van der Waals surface area contributed by atoms with Gasteiger partial charge in [0.25, 0.3) is 0 Å². The van der Waals surface area contributed by atoms with Crippen LogP contribution in [0.4, 0.5) is 26.3 Å². The monoisotopic (exact) mass is 539 g/mol. The summed E-state index contributed by atoms with van der Waals surface area (Å²) in [5, 5.41) is 0.705. The van der Waals surface area contributed by atoms with E-state index in [-0.39, 0.29) is 11.0 Å². The van der Waals surface area contributed by atoms with Crippen molar-refractivity contribution in [1.29, 1.82) is 0 Å². The minimum atomic E-state index is -5.97. The molecule has 0 unspecified atom stereocenters. The Balaban J connectivity index is 1.95. The van der Waals surface area contributed by atoms with Crippen LogP contribution in [0.3, 0.4) is 0 Å². The lowest BCUT2D eigenvalue weighted by molar-refractivity contribution is -0.0504. The number of nitrogens with zero attached hydrogens (tertiary/aromatic N) is 1. The highest BCUT2D eigenvalue weighted by molar-refractivity contribution is 7.88. The highest BCUT2D eigenvalue weighted by Crippen LogP contribution is 2.38. The van der Waals surface area contributed by atoms with E-state index in [1.165, 1.54) is 16.7 Å². The van der Waals surface area contributed by atoms with Gasteiger partial charge in [-0.2, -0.15) is 43.2 Å². The Morgan fingerprint density at radius 1 is 0.600 bits per heavy atom. The number of hydrogen-bond donors (Lipinski definition) is 0. The van der Waals surface area contributed by atoms with Crippen molar-refractivity contribution >= 4 is 42.0 Å². The summed E-state index contributed by atoms with van der Waals surface area (Å²) in [5.74, 6) is -1.35. The molecule has 0 aliphatic rings. The molecule has 0 amide bonds. The van der Waals surface area contributed by atoms with E-state index >= 15 is 0 Å². The number of hydrogen-bond acceptors (Lipinski definition) is 6. The predicted octanol–water partition coefficient (Wildman–Crippen LogP) is 5.24. The number of alkyl halides is 6. The van der Waals surface area contributed by atoms with Crippen LogP contribution in [0.15, 0.2) is 66.7 Å². The van der Waals surface area contributed by atoms with Crippen LogP contribution >= 0.6 is 0 Å². The van der Waals surface area contributed by atoms with Crippen molar-refractivity contribution < 1.29 is 51.5 Å². The maximum Gasteiger partial charge on any atom is 0.534 e. The lowest BCUT2D eigenvalue weighted by Gasteiger charge is -2.12. The number of rotatable bonds is 5. The third-order valence-electron chi connectivity index (χ3n) is 4.70. The van der Waals surface area contributed by atoms with E-state index in [4.69, 9.17) is 0 Å². The Bertz CT molecular complexity index is 1540. The zero-order chi connectivity index (χ0) is 25.8. The number of para-hydroxylation sites is 1. The molecule has 1 heterocycles. The van der Waals surface area contributed by atoms with E-state index in [1.807, 2.05) is 0 Å². The third-order valence-corrected chi connectivity index (χ3v) is 6.66. The van der Waals surface area contributed by atoms with E-state index in [9.17, 15) is 43.2 Å². The molecule has 0 spiro atoms. The molecule has 0 radical (unpaired) electrons. The predicted molar refractivity (Wildman–Crippen MR) is 112 cm³/mol. The van der Waals surface area contributed by atoms with E-state index in [2.05, 4.69) is 8.37 Å². The van der Waals surface area contributed by atoms with Crippen LogP contribution in [-0.4, -0.2) is 32.4 Å². The van der Waals surface area contributed by atoms with Crippen molar-refractivity contribution in [2.24, 2.45) is 0 Å². The molecule has 186 valence electrons. The summed E-state index contributed by atoms with van der Waals surface area (Å²) in [6.45, 7) is 0. The summed E-state index contributed by atoms with van der Waals surface area (Å²) >= 11 is 0. The summed E-state index contributed by atoms with van der Waals surface area (Å²) in [6.07, 6.45) is 0. The molecule has 0 N–H and O–H groups in total. The Labute approximate surface area is 193 Å². The summed E-state index contributed by atoms with van der Waals surface area (Å²) in [4.78, 5) is 0. The molecule has 35 heavy (non-hydrogen) atoms. The van der Waals surface area contributed by atoms with Gasteiger partial charge in [0.15, 0.2) is 0 Å². The fourth-order valence-electron chi connectivity index (χ4n) is 3.28. The molecule has 0 atom stereocenters. The highest BCUT2D eigenvalue weighted by Gasteiger charge is 2.49. The summed E-state index contributed by atoms with van der Waals surface area (Å²) < 4.78 is 132. The average Bonchev–Trinajstić information content (AvgIpc) is 3.05. The topological polar surface area (TPSA) is 91.7 Å².